The zero-order valence-electron chi connectivity index (χ0n) is 5.06. The molecule has 0 spiro atoms. The van der Waals surface area contributed by atoms with Crippen molar-refractivity contribution in [1.82, 2.24) is 0 Å². The molecule has 0 heterocycles. The lowest BCUT2D eigenvalue weighted by molar-refractivity contribution is 1.54. The van der Waals surface area contributed by atoms with Crippen LogP contribution in [0.15, 0.2) is 0 Å². The first-order valence-corrected chi connectivity index (χ1v) is 7.95. The monoisotopic (exact) mass is 188 g/mol. The second kappa shape index (κ2) is 6.54. The molecule has 0 radical (unpaired) electrons. The molecule has 0 aliphatic rings. The highest BCUT2D eigenvalue weighted by molar-refractivity contribution is 8.94. The molecule has 0 aliphatic heterocycles. The minimum atomic E-state index is -0.275. The summed E-state index contributed by atoms with van der Waals surface area (Å²) in [4.78, 5) is 0. The van der Waals surface area contributed by atoms with Crippen LogP contribution in [0.1, 0.15) is 13.8 Å². The Morgan fingerprint density at radius 1 is 1.25 bits per heavy atom. The average molecular weight is 189 g/mol. The van der Waals surface area contributed by atoms with E-state index < -0.39 is 0 Å². The van der Waals surface area contributed by atoms with Gasteiger partial charge < -0.3 is 0 Å². The van der Waals surface area contributed by atoms with Gasteiger partial charge in [-0.1, -0.05) is 25.1 Å². The van der Waals surface area contributed by atoms with Gasteiger partial charge in [0.15, 0.2) is 0 Å². The van der Waals surface area contributed by atoms with Crippen LogP contribution in [0.25, 0.3) is 0 Å². The molecule has 0 bridgehead atoms. The summed E-state index contributed by atoms with van der Waals surface area (Å²) in [6.07, 6.45) is 0. The molecule has 0 aromatic heterocycles. The van der Waals surface area contributed by atoms with E-state index in [9.17, 15) is 0 Å². The van der Waals surface area contributed by atoms with Crippen molar-refractivity contribution in [3.05, 3.63) is 0 Å². The second-order valence-corrected chi connectivity index (χ2v) is 9.79. The van der Waals surface area contributed by atoms with E-state index in [4.69, 9.17) is 11.2 Å². The maximum atomic E-state index is 5.87. The lowest BCUT2D eigenvalue weighted by atomic mass is 11.0. The van der Waals surface area contributed by atoms with Gasteiger partial charge in [-0.05, 0) is 11.5 Å². The van der Waals surface area contributed by atoms with Crippen LogP contribution in [0, 0.1) is 0 Å². The van der Waals surface area contributed by atoms with Crippen molar-refractivity contribution in [2.75, 3.05) is 11.5 Å². The molecule has 0 atom stereocenters. The van der Waals surface area contributed by atoms with Crippen molar-refractivity contribution in [3.63, 3.8) is 0 Å². The Morgan fingerprint density at radius 3 is 1.88 bits per heavy atom. The van der Waals surface area contributed by atoms with Crippen molar-refractivity contribution in [1.29, 1.82) is 0 Å². The minimum absolute atomic E-state index is 0.275. The molecule has 0 saturated heterocycles. The first-order valence-electron chi connectivity index (χ1n) is 2.53. The first-order chi connectivity index (χ1) is 3.81. The molecule has 50 valence electrons. The summed E-state index contributed by atoms with van der Waals surface area (Å²) in [6.45, 7) is 4.28. The number of rotatable bonds is 4. The standard InChI is InChI=1S/C4H10ClPS2/c1-3-7-6(5)8-4-2/h3-4H2,1-2H3. The van der Waals surface area contributed by atoms with Gasteiger partial charge in [-0.2, -0.15) is 0 Å². The third kappa shape index (κ3) is 5.55. The average Bonchev–Trinajstić information content (AvgIpc) is 1.68. The van der Waals surface area contributed by atoms with E-state index in [1.54, 1.807) is 0 Å². The molecule has 0 aromatic rings. The molecule has 0 unspecified atom stereocenters. The molecule has 0 aromatic carbocycles. The van der Waals surface area contributed by atoms with Gasteiger partial charge >= 0.3 is 0 Å². The largest absolute Gasteiger partial charge is 0.109 e. The molecule has 0 rings (SSSR count). The van der Waals surface area contributed by atoms with E-state index in [0.29, 0.717) is 0 Å². The van der Waals surface area contributed by atoms with E-state index in [1.165, 1.54) is 0 Å². The van der Waals surface area contributed by atoms with Gasteiger partial charge in [-0.25, -0.2) is 0 Å². The highest BCUT2D eigenvalue weighted by atomic mass is 35.7. The van der Waals surface area contributed by atoms with E-state index in [0.717, 1.165) is 11.5 Å². The summed E-state index contributed by atoms with van der Waals surface area (Å²) < 4.78 is 0. The Kier molecular flexibility index (Phi) is 7.70. The van der Waals surface area contributed by atoms with Crippen molar-refractivity contribution in [3.8, 4) is 0 Å². The zero-order valence-corrected chi connectivity index (χ0v) is 8.34. The van der Waals surface area contributed by atoms with Crippen LogP contribution < -0.4 is 0 Å². The van der Waals surface area contributed by atoms with Crippen LogP contribution in [-0.2, 0) is 0 Å². The normalized spacial score (nSPS) is 10.5. The lowest BCUT2D eigenvalue weighted by Crippen LogP contribution is -1.59. The van der Waals surface area contributed by atoms with E-state index in [2.05, 4.69) is 13.8 Å². The van der Waals surface area contributed by atoms with E-state index >= 15 is 0 Å². The van der Waals surface area contributed by atoms with Crippen LogP contribution in [0.4, 0.5) is 0 Å². The van der Waals surface area contributed by atoms with Gasteiger partial charge in [0.1, 0.15) is 5.68 Å². The smallest absolute Gasteiger partial charge is 0.108 e. The van der Waals surface area contributed by atoms with Gasteiger partial charge in [0.25, 0.3) is 0 Å². The van der Waals surface area contributed by atoms with E-state index in [-0.39, 0.29) is 5.68 Å². The summed E-state index contributed by atoms with van der Waals surface area (Å²) in [7, 11) is 0. The number of hydrogen-bond acceptors (Lipinski definition) is 2. The number of hydrogen-bond donors (Lipinski definition) is 0. The van der Waals surface area contributed by atoms with Gasteiger partial charge in [-0.3, -0.25) is 0 Å². The van der Waals surface area contributed by atoms with Crippen molar-refractivity contribution in [2.24, 2.45) is 0 Å². The Balaban J connectivity index is 2.92. The first kappa shape index (κ1) is 9.42. The molecule has 0 nitrogen and oxygen atoms in total. The third-order valence-corrected chi connectivity index (χ3v) is 7.80. The summed E-state index contributed by atoms with van der Waals surface area (Å²) in [5.74, 6) is 2.28. The molecular formula is C4H10ClPS2. The van der Waals surface area contributed by atoms with E-state index in [1.807, 2.05) is 22.8 Å². The lowest BCUT2D eigenvalue weighted by Gasteiger charge is -2.01. The summed E-state index contributed by atoms with van der Waals surface area (Å²) >= 11 is 9.57. The molecule has 0 saturated carbocycles. The minimum Gasteiger partial charge on any atom is -0.108 e. The summed E-state index contributed by atoms with van der Waals surface area (Å²) in [5.41, 5.74) is -0.275. The fraction of sp³-hybridized carbons (Fsp3) is 1.00. The van der Waals surface area contributed by atoms with Crippen LogP contribution in [0.3, 0.4) is 0 Å². The fourth-order valence-electron chi connectivity index (χ4n) is 0.240. The highest BCUT2D eigenvalue weighted by Gasteiger charge is 1.99. The molecule has 0 N–H and O–H groups in total. The Labute approximate surface area is 65.2 Å². The molecule has 0 aliphatic carbocycles. The predicted molar refractivity (Wildman–Crippen MR) is 49.0 cm³/mol. The zero-order chi connectivity index (χ0) is 6.41. The summed E-state index contributed by atoms with van der Waals surface area (Å²) in [6, 6.07) is 0. The van der Waals surface area contributed by atoms with Crippen LogP contribution >= 0.6 is 39.7 Å². The maximum absolute atomic E-state index is 5.87. The SMILES string of the molecule is CCSP(Cl)SCC. The van der Waals surface area contributed by atoms with Crippen molar-refractivity contribution >= 4 is 39.7 Å². The van der Waals surface area contributed by atoms with Gasteiger partial charge in [0.05, 0.1) is 0 Å². The Hall–Kier alpha value is 1.42. The molecular weight excluding hydrogens is 179 g/mol. The van der Waals surface area contributed by atoms with Gasteiger partial charge in [0, 0.05) is 0 Å². The Morgan fingerprint density at radius 2 is 1.62 bits per heavy atom. The molecule has 8 heavy (non-hydrogen) atoms. The predicted octanol–water partition coefficient (Wildman–Crippen LogP) is 3.96. The molecule has 0 amide bonds. The third-order valence-electron chi connectivity index (χ3n) is 0.461. The second-order valence-electron chi connectivity index (χ2n) is 1.05. The fourth-order valence-corrected chi connectivity index (χ4v) is 6.49. The van der Waals surface area contributed by atoms with Crippen molar-refractivity contribution < 1.29 is 0 Å². The van der Waals surface area contributed by atoms with Gasteiger partial charge in [-0.15, -0.1) is 22.8 Å². The topological polar surface area (TPSA) is 0 Å². The maximum Gasteiger partial charge on any atom is 0.109 e. The van der Waals surface area contributed by atoms with Crippen LogP contribution in [-0.4, -0.2) is 11.5 Å². The molecule has 4 heteroatoms. The summed E-state index contributed by atoms with van der Waals surface area (Å²) in [5, 5.41) is 0. The van der Waals surface area contributed by atoms with Crippen molar-refractivity contribution in [2.45, 2.75) is 13.8 Å². The Bertz CT molecular complexity index is 47.3. The number of halogens is 1. The van der Waals surface area contributed by atoms with Gasteiger partial charge in [0.2, 0.25) is 0 Å². The van der Waals surface area contributed by atoms with Crippen LogP contribution in [0.2, 0.25) is 0 Å². The highest BCUT2D eigenvalue weighted by Crippen LogP contribution is 2.64. The van der Waals surface area contributed by atoms with Crippen LogP contribution in [0.5, 0.6) is 0 Å². The quantitative estimate of drug-likeness (QED) is 0.613. The molecule has 0 fully saturated rings.